The van der Waals surface area contributed by atoms with Gasteiger partial charge in [-0.05, 0) is 24.6 Å². The molecule has 1 aliphatic rings. The number of fused-ring (bicyclic) bond motifs is 1. The summed E-state index contributed by atoms with van der Waals surface area (Å²) in [6.07, 6.45) is 10.6. The molecule has 5 rings (SSSR count). The number of pyridine rings is 2. The summed E-state index contributed by atoms with van der Waals surface area (Å²) in [6, 6.07) is 4.40. The molecule has 28 heavy (non-hydrogen) atoms. The summed E-state index contributed by atoms with van der Waals surface area (Å²) in [6.45, 7) is 2.00. The van der Waals surface area contributed by atoms with Crippen molar-refractivity contribution in [3.63, 3.8) is 0 Å². The molecule has 4 aromatic heterocycles. The number of ether oxygens (including phenoxy) is 1. The number of nitrogens with zero attached hydrogens (tertiary/aromatic N) is 5. The third-order valence-corrected chi connectivity index (χ3v) is 4.68. The van der Waals surface area contributed by atoms with Gasteiger partial charge in [0.05, 0.1) is 18.1 Å². The quantitative estimate of drug-likeness (QED) is 0.509. The van der Waals surface area contributed by atoms with Crippen LogP contribution < -0.4 is 10.7 Å². The summed E-state index contributed by atoms with van der Waals surface area (Å²) in [5.41, 5.74) is 8.65. The average Bonchev–Trinajstić information content (AvgIpc) is 3.42. The van der Waals surface area contributed by atoms with Gasteiger partial charge in [0.15, 0.2) is 0 Å². The number of hydrogen-bond acceptors (Lipinski definition) is 7. The highest BCUT2D eigenvalue weighted by molar-refractivity contribution is 5.91. The first-order chi connectivity index (χ1) is 13.7. The van der Waals surface area contributed by atoms with Gasteiger partial charge in [-0.1, -0.05) is 0 Å². The van der Waals surface area contributed by atoms with Gasteiger partial charge < -0.3 is 15.0 Å². The van der Waals surface area contributed by atoms with Gasteiger partial charge in [-0.25, -0.2) is 4.98 Å². The van der Waals surface area contributed by atoms with Gasteiger partial charge in [-0.15, -0.1) is 5.10 Å². The fourth-order valence-electron chi connectivity index (χ4n) is 3.15. The van der Waals surface area contributed by atoms with Crippen molar-refractivity contribution < 1.29 is 4.74 Å². The van der Waals surface area contributed by atoms with Crippen LogP contribution in [0.2, 0.25) is 0 Å². The maximum Gasteiger partial charge on any atom is 0.313 e. The van der Waals surface area contributed by atoms with Crippen LogP contribution >= 0.6 is 0 Å². The van der Waals surface area contributed by atoms with Crippen molar-refractivity contribution in [1.29, 1.82) is 0 Å². The van der Waals surface area contributed by atoms with E-state index in [1.54, 1.807) is 17.1 Å². The van der Waals surface area contributed by atoms with Crippen LogP contribution in [0.25, 0.3) is 22.2 Å². The van der Waals surface area contributed by atoms with Crippen molar-refractivity contribution in [3.05, 3.63) is 60.4 Å². The van der Waals surface area contributed by atoms with E-state index in [0.29, 0.717) is 6.02 Å². The van der Waals surface area contributed by atoms with Crippen LogP contribution in [-0.4, -0.2) is 30.8 Å². The second kappa shape index (κ2) is 6.38. The Kier molecular flexibility index (Phi) is 3.71. The number of amidine groups is 1. The van der Waals surface area contributed by atoms with E-state index in [2.05, 4.69) is 42.0 Å². The molecule has 0 saturated carbocycles. The first-order valence-electron chi connectivity index (χ1n) is 8.81. The Bertz CT molecular complexity index is 1190. The summed E-state index contributed by atoms with van der Waals surface area (Å²) in [5.74, 6) is 0. The summed E-state index contributed by atoms with van der Waals surface area (Å²) >= 11 is 0. The Morgan fingerprint density at radius 1 is 1.21 bits per heavy atom. The Morgan fingerprint density at radius 2 is 2.14 bits per heavy atom. The fourth-order valence-corrected chi connectivity index (χ4v) is 3.15. The van der Waals surface area contributed by atoms with Crippen LogP contribution in [0.1, 0.15) is 17.4 Å². The number of hydrazone groups is 1. The standard InChI is InChI=1S/C19H18N8O/c1-11-3-4-20-9-16(11)24-19-26-25-18(28-19)15-8-22-17-14(15)5-12(6-21-17)13-7-23-27(2)10-13/h3-10,18,25H,1-2H3,(H,21,22)(H,24,26). The molecule has 0 amide bonds. The van der Waals surface area contributed by atoms with Gasteiger partial charge in [0, 0.05) is 53.9 Å². The zero-order chi connectivity index (χ0) is 19.1. The lowest BCUT2D eigenvalue weighted by Gasteiger charge is -2.12. The second-order valence-corrected chi connectivity index (χ2v) is 6.63. The maximum absolute atomic E-state index is 5.96. The van der Waals surface area contributed by atoms with Crippen molar-refractivity contribution in [2.75, 3.05) is 5.32 Å². The molecular weight excluding hydrogens is 356 g/mol. The zero-order valence-electron chi connectivity index (χ0n) is 15.3. The molecular formula is C19H18N8O. The van der Waals surface area contributed by atoms with Gasteiger partial charge in [0.25, 0.3) is 0 Å². The molecule has 1 atom stereocenters. The van der Waals surface area contributed by atoms with E-state index >= 15 is 0 Å². The molecule has 0 bridgehead atoms. The van der Waals surface area contributed by atoms with Gasteiger partial charge in [-0.3, -0.25) is 15.1 Å². The second-order valence-electron chi connectivity index (χ2n) is 6.63. The molecule has 4 aromatic rings. The molecule has 0 radical (unpaired) electrons. The molecule has 9 heteroatoms. The third kappa shape index (κ3) is 2.82. The van der Waals surface area contributed by atoms with E-state index in [0.717, 1.165) is 39.0 Å². The fraction of sp³-hybridized carbons (Fsp3) is 0.158. The lowest BCUT2D eigenvalue weighted by Crippen LogP contribution is -2.16. The van der Waals surface area contributed by atoms with Gasteiger partial charge in [0.1, 0.15) is 5.65 Å². The molecule has 1 aliphatic heterocycles. The number of hydrogen-bond donors (Lipinski definition) is 3. The van der Waals surface area contributed by atoms with Crippen molar-refractivity contribution in [1.82, 2.24) is 30.2 Å². The molecule has 0 saturated heterocycles. The summed E-state index contributed by atoms with van der Waals surface area (Å²) < 4.78 is 7.73. The lowest BCUT2D eigenvalue weighted by molar-refractivity contribution is 0.192. The highest BCUT2D eigenvalue weighted by atomic mass is 16.5. The molecule has 0 aromatic carbocycles. The van der Waals surface area contributed by atoms with Crippen molar-refractivity contribution in [2.24, 2.45) is 12.1 Å². The van der Waals surface area contributed by atoms with Crippen molar-refractivity contribution >= 4 is 22.7 Å². The van der Waals surface area contributed by atoms with Gasteiger partial charge in [-0.2, -0.15) is 5.10 Å². The van der Waals surface area contributed by atoms with Crippen LogP contribution in [-0.2, 0) is 11.8 Å². The number of H-pyrrole nitrogens is 1. The number of rotatable bonds is 3. The molecule has 0 aliphatic carbocycles. The SMILES string of the molecule is Cc1ccncc1NC1=NNC(c2c[nH]c3ncc(-c4cnn(C)c4)cc23)O1. The maximum atomic E-state index is 5.96. The lowest BCUT2D eigenvalue weighted by atomic mass is 10.1. The molecule has 5 heterocycles. The number of aryl methyl sites for hydroxylation is 2. The molecule has 9 nitrogen and oxygen atoms in total. The minimum Gasteiger partial charge on any atom is -0.434 e. The summed E-state index contributed by atoms with van der Waals surface area (Å²) in [4.78, 5) is 11.8. The smallest absolute Gasteiger partial charge is 0.313 e. The molecule has 0 fully saturated rings. The van der Waals surface area contributed by atoms with E-state index in [4.69, 9.17) is 4.74 Å². The van der Waals surface area contributed by atoms with E-state index < -0.39 is 6.23 Å². The predicted octanol–water partition coefficient (Wildman–Crippen LogP) is 2.67. The summed E-state index contributed by atoms with van der Waals surface area (Å²) in [5, 5.41) is 12.6. The van der Waals surface area contributed by atoms with Crippen LogP contribution in [0.4, 0.5) is 5.69 Å². The van der Waals surface area contributed by atoms with E-state index in [1.165, 1.54) is 0 Å². The molecule has 140 valence electrons. The van der Waals surface area contributed by atoms with E-state index in [9.17, 15) is 0 Å². The van der Waals surface area contributed by atoms with E-state index in [1.807, 2.05) is 44.8 Å². The molecule has 3 N–H and O–H groups in total. The minimum absolute atomic E-state index is 0.395. The van der Waals surface area contributed by atoms with Crippen LogP contribution in [0.5, 0.6) is 0 Å². The van der Waals surface area contributed by atoms with Crippen LogP contribution in [0.3, 0.4) is 0 Å². The highest BCUT2D eigenvalue weighted by Gasteiger charge is 2.25. The number of aromatic nitrogens is 5. The Hall–Kier alpha value is -3.88. The number of aromatic amines is 1. The zero-order valence-corrected chi connectivity index (χ0v) is 15.3. The van der Waals surface area contributed by atoms with E-state index in [-0.39, 0.29) is 0 Å². The Labute approximate surface area is 160 Å². The highest BCUT2D eigenvalue weighted by Crippen LogP contribution is 2.30. The van der Waals surface area contributed by atoms with Crippen LogP contribution in [0.15, 0.2) is 54.4 Å². The average molecular weight is 374 g/mol. The minimum atomic E-state index is -0.417. The predicted molar refractivity (Wildman–Crippen MR) is 105 cm³/mol. The van der Waals surface area contributed by atoms with Crippen molar-refractivity contribution in [3.8, 4) is 11.1 Å². The largest absolute Gasteiger partial charge is 0.434 e. The first-order valence-corrected chi connectivity index (χ1v) is 8.81. The molecule has 1 unspecified atom stereocenters. The first kappa shape index (κ1) is 16.3. The normalized spacial score (nSPS) is 15.9. The monoisotopic (exact) mass is 374 g/mol. The number of anilines is 1. The van der Waals surface area contributed by atoms with Gasteiger partial charge in [0.2, 0.25) is 6.23 Å². The Balaban J connectivity index is 1.40. The van der Waals surface area contributed by atoms with Gasteiger partial charge >= 0.3 is 6.02 Å². The molecule has 0 spiro atoms. The third-order valence-electron chi connectivity index (χ3n) is 4.68. The number of nitrogens with one attached hydrogen (secondary N) is 3. The summed E-state index contributed by atoms with van der Waals surface area (Å²) in [7, 11) is 1.89. The van der Waals surface area contributed by atoms with Crippen LogP contribution in [0, 0.1) is 6.92 Å². The topological polar surface area (TPSA) is 105 Å². The van der Waals surface area contributed by atoms with Crippen molar-refractivity contribution in [2.45, 2.75) is 13.2 Å². The Morgan fingerprint density at radius 3 is 2.96 bits per heavy atom.